The number of nitrogens with two attached hydrogens (primary N) is 1. The molecule has 0 aromatic rings. The van der Waals surface area contributed by atoms with E-state index in [2.05, 4.69) is 16.7 Å². The second-order valence-electron chi connectivity index (χ2n) is 3.55. The number of hydrogen-bond acceptors (Lipinski definition) is 3. The first kappa shape index (κ1) is 7.90. The van der Waals surface area contributed by atoms with Crippen LogP contribution in [0.4, 0.5) is 0 Å². The highest BCUT2D eigenvalue weighted by Crippen LogP contribution is 2.24. The number of hydrogen-bond donors (Lipinski definition) is 1. The Labute approximate surface area is 72.5 Å². The lowest BCUT2D eigenvalue weighted by Gasteiger charge is -2.41. The van der Waals surface area contributed by atoms with E-state index in [0.29, 0.717) is 6.04 Å². The molecule has 2 rings (SSSR count). The van der Waals surface area contributed by atoms with Crippen molar-refractivity contribution in [1.29, 1.82) is 0 Å². The molecule has 0 aliphatic carbocycles. The van der Waals surface area contributed by atoms with E-state index in [-0.39, 0.29) is 0 Å². The molecule has 3 heteroatoms. The Kier molecular flexibility index (Phi) is 2.39. The van der Waals surface area contributed by atoms with Gasteiger partial charge in [-0.1, -0.05) is 0 Å². The zero-order chi connectivity index (χ0) is 7.68. The molecule has 0 aromatic carbocycles. The normalized spacial score (nSPS) is 40.1. The third kappa shape index (κ3) is 1.71. The standard InChI is InChI=1S/C8H16N2S/c9-7-1-2-10-3-4-11-6-8(10)5-7/h7-8H,1-6,9H2/t7-,8?/m0/s1. The van der Waals surface area contributed by atoms with Crippen LogP contribution in [-0.4, -0.2) is 41.6 Å². The molecule has 0 saturated carbocycles. The van der Waals surface area contributed by atoms with Crippen molar-refractivity contribution in [3.63, 3.8) is 0 Å². The lowest BCUT2D eigenvalue weighted by molar-refractivity contribution is 0.155. The number of rotatable bonds is 0. The maximum atomic E-state index is 5.91. The Morgan fingerprint density at radius 2 is 2.27 bits per heavy atom. The predicted octanol–water partition coefficient (Wildman–Crippen LogP) is 0.525. The van der Waals surface area contributed by atoms with E-state index >= 15 is 0 Å². The summed E-state index contributed by atoms with van der Waals surface area (Å²) in [5.41, 5.74) is 5.91. The van der Waals surface area contributed by atoms with Gasteiger partial charge in [0.1, 0.15) is 0 Å². The summed E-state index contributed by atoms with van der Waals surface area (Å²) in [5.74, 6) is 2.64. The van der Waals surface area contributed by atoms with Crippen LogP contribution in [0.2, 0.25) is 0 Å². The first-order chi connectivity index (χ1) is 5.36. The van der Waals surface area contributed by atoms with Gasteiger partial charge >= 0.3 is 0 Å². The molecule has 64 valence electrons. The molecule has 2 aliphatic heterocycles. The fourth-order valence-electron chi connectivity index (χ4n) is 2.00. The van der Waals surface area contributed by atoms with Crippen molar-refractivity contribution in [3.05, 3.63) is 0 Å². The van der Waals surface area contributed by atoms with E-state index in [4.69, 9.17) is 5.73 Å². The fourth-order valence-corrected chi connectivity index (χ4v) is 3.15. The van der Waals surface area contributed by atoms with Gasteiger partial charge in [0, 0.05) is 30.1 Å². The van der Waals surface area contributed by atoms with E-state index < -0.39 is 0 Å². The van der Waals surface area contributed by atoms with Crippen LogP contribution < -0.4 is 5.73 Å². The Balaban J connectivity index is 1.93. The Bertz CT molecular complexity index is 140. The van der Waals surface area contributed by atoms with Gasteiger partial charge in [-0.15, -0.1) is 0 Å². The van der Waals surface area contributed by atoms with Crippen molar-refractivity contribution in [2.75, 3.05) is 24.6 Å². The van der Waals surface area contributed by atoms with Gasteiger partial charge in [0.25, 0.3) is 0 Å². The maximum Gasteiger partial charge on any atom is 0.0201 e. The molecule has 0 aromatic heterocycles. The topological polar surface area (TPSA) is 29.3 Å². The van der Waals surface area contributed by atoms with Crippen LogP contribution in [0.25, 0.3) is 0 Å². The first-order valence-corrected chi connectivity index (χ1v) is 5.59. The fraction of sp³-hybridized carbons (Fsp3) is 1.00. The van der Waals surface area contributed by atoms with E-state index in [1.54, 1.807) is 0 Å². The van der Waals surface area contributed by atoms with E-state index in [0.717, 1.165) is 6.04 Å². The predicted molar refractivity (Wildman–Crippen MR) is 49.9 cm³/mol. The minimum atomic E-state index is 0.481. The van der Waals surface area contributed by atoms with Crippen molar-refractivity contribution in [2.45, 2.75) is 24.9 Å². The number of piperidine rings is 1. The van der Waals surface area contributed by atoms with Crippen LogP contribution >= 0.6 is 11.8 Å². The monoisotopic (exact) mass is 172 g/mol. The third-order valence-corrected chi connectivity index (χ3v) is 3.80. The average molecular weight is 172 g/mol. The SMILES string of the molecule is N[C@H]1CCN2CCSCC2C1. The van der Waals surface area contributed by atoms with Crippen molar-refractivity contribution in [1.82, 2.24) is 4.90 Å². The van der Waals surface area contributed by atoms with Gasteiger partial charge in [-0.25, -0.2) is 0 Å². The molecule has 1 unspecified atom stereocenters. The Morgan fingerprint density at radius 3 is 3.18 bits per heavy atom. The van der Waals surface area contributed by atoms with Crippen molar-refractivity contribution in [3.8, 4) is 0 Å². The molecule has 11 heavy (non-hydrogen) atoms. The minimum absolute atomic E-state index is 0.481. The van der Waals surface area contributed by atoms with Gasteiger partial charge in [-0.2, -0.15) is 11.8 Å². The summed E-state index contributed by atoms with van der Waals surface area (Å²) >= 11 is 2.09. The van der Waals surface area contributed by atoms with E-state index in [9.17, 15) is 0 Å². The first-order valence-electron chi connectivity index (χ1n) is 4.43. The van der Waals surface area contributed by atoms with Crippen LogP contribution in [0.15, 0.2) is 0 Å². The van der Waals surface area contributed by atoms with Gasteiger partial charge in [-0.3, -0.25) is 4.90 Å². The van der Waals surface area contributed by atoms with Gasteiger partial charge in [0.2, 0.25) is 0 Å². The molecule has 2 fully saturated rings. The molecule has 2 N–H and O–H groups in total. The molecule has 2 aliphatic rings. The van der Waals surface area contributed by atoms with Crippen molar-refractivity contribution in [2.24, 2.45) is 5.73 Å². The molecule has 0 radical (unpaired) electrons. The summed E-state index contributed by atoms with van der Waals surface area (Å²) in [7, 11) is 0. The van der Waals surface area contributed by atoms with Crippen molar-refractivity contribution >= 4 is 11.8 Å². The molecule has 2 atom stereocenters. The highest BCUT2D eigenvalue weighted by atomic mass is 32.2. The lowest BCUT2D eigenvalue weighted by Crippen LogP contribution is -2.50. The molecule has 2 nitrogen and oxygen atoms in total. The van der Waals surface area contributed by atoms with Crippen LogP contribution in [0.1, 0.15) is 12.8 Å². The van der Waals surface area contributed by atoms with Gasteiger partial charge in [-0.05, 0) is 19.4 Å². The second kappa shape index (κ2) is 3.33. The molecule has 0 spiro atoms. The lowest BCUT2D eigenvalue weighted by atomic mass is 9.99. The zero-order valence-electron chi connectivity index (χ0n) is 6.83. The molecule has 0 amide bonds. The smallest absolute Gasteiger partial charge is 0.0201 e. The summed E-state index contributed by atoms with van der Waals surface area (Å²) in [5, 5.41) is 0. The number of thioether (sulfide) groups is 1. The highest BCUT2D eigenvalue weighted by molar-refractivity contribution is 7.99. The van der Waals surface area contributed by atoms with E-state index in [1.165, 1.54) is 37.4 Å². The molecule has 2 heterocycles. The summed E-state index contributed by atoms with van der Waals surface area (Å²) in [4.78, 5) is 2.61. The molecular formula is C8H16N2S. The Hall–Kier alpha value is 0.270. The van der Waals surface area contributed by atoms with Gasteiger partial charge < -0.3 is 5.73 Å². The van der Waals surface area contributed by atoms with Crippen molar-refractivity contribution < 1.29 is 0 Å². The molecule has 0 bridgehead atoms. The molecule has 2 saturated heterocycles. The van der Waals surface area contributed by atoms with Crippen LogP contribution in [-0.2, 0) is 0 Å². The molecular weight excluding hydrogens is 156 g/mol. The van der Waals surface area contributed by atoms with Gasteiger partial charge in [0.15, 0.2) is 0 Å². The highest BCUT2D eigenvalue weighted by Gasteiger charge is 2.28. The summed E-state index contributed by atoms with van der Waals surface area (Å²) < 4.78 is 0. The second-order valence-corrected chi connectivity index (χ2v) is 4.70. The summed E-state index contributed by atoms with van der Waals surface area (Å²) in [6.07, 6.45) is 2.44. The van der Waals surface area contributed by atoms with Crippen LogP contribution in [0.5, 0.6) is 0 Å². The largest absolute Gasteiger partial charge is 0.328 e. The zero-order valence-corrected chi connectivity index (χ0v) is 7.65. The number of fused-ring (bicyclic) bond motifs is 1. The number of nitrogens with zero attached hydrogens (tertiary/aromatic N) is 1. The van der Waals surface area contributed by atoms with E-state index in [1.807, 2.05) is 0 Å². The summed E-state index contributed by atoms with van der Waals surface area (Å²) in [6.45, 7) is 2.54. The third-order valence-electron chi connectivity index (χ3n) is 2.71. The van der Waals surface area contributed by atoms with Crippen LogP contribution in [0, 0.1) is 0 Å². The van der Waals surface area contributed by atoms with Crippen LogP contribution in [0.3, 0.4) is 0 Å². The van der Waals surface area contributed by atoms with Gasteiger partial charge in [0.05, 0.1) is 0 Å². The quantitative estimate of drug-likeness (QED) is 0.578. The Morgan fingerprint density at radius 1 is 1.36 bits per heavy atom. The summed E-state index contributed by atoms with van der Waals surface area (Å²) in [6, 6.07) is 1.28. The maximum absolute atomic E-state index is 5.91. The average Bonchev–Trinajstić information content (AvgIpc) is 2.04. The minimum Gasteiger partial charge on any atom is -0.328 e.